The Bertz CT molecular complexity index is 559. The van der Waals surface area contributed by atoms with Gasteiger partial charge in [0.2, 0.25) is 0 Å². The van der Waals surface area contributed by atoms with Crippen molar-refractivity contribution in [3.05, 3.63) is 0 Å². The largest absolute Gasteiger partial charge is 0.356 e. The Labute approximate surface area is 154 Å². The molecule has 0 amide bonds. The summed E-state index contributed by atoms with van der Waals surface area (Å²) >= 11 is 0. The number of piperidine rings is 1. The summed E-state index contributed by atoms with van der Waals surface area (Å²) < 4.78 is 23.6. The van der Waals surface area contributed by atoms with Gasteiger partial charge in [0, 0.05) is 33.2 Å². The second kappa shape index (κ2) is 8.71. The van der Waals surface area contributed by atoms with Gasteiger partial charge in [-0.3, -0.25) is 4.99 Å². The van der Waals surface area contributed by atoms with Crippen molar-refractivity contribution in [1.82, 2.24) is 15.1 Å². The van der Waals surface area contributed by atoms with Gasteiger partial charge in [0.15, 0.2) is 15.8 Å². The van der Waals surface area contributed by atoms with E-state index < -0.39 is 14.6 Å². The van der Waals surface area contributed by atoms with Crippen LogP contribution in [0.1, 0.15) is 46.5 Å². The molecule has 7 heteroatoms. The molecule has 0 spiro atoms. The van der Waals surface area contributed by atoms with Crippen LogP contribution in [0, 0.1) is 5.92 Å². The molecular formula is C18H36N4O2S. The van der Waals surface area contributed by atoms with Crippen LogP contribution in [-0.4, -0.2) is 81.0 Å². The van der Waals surface area contributed by atoms with Gasteiger partial charge in [0.05, 0.1) is 10.5 Å². The fraction of sp³-hybridized carbons (Fsp3) is 0.944. The molecule has 2 rings (SSSR count). The number of sulfone groups is 1. The van der Waals surface area contributed by atoms with Crippen molar-refractivity contribution in [2.24, 2.45) is 10.9 Å². The molecule has 0 saturated carbocycles. The Morgan fingerprint density at radius 1 is 1.28 bits per heavy atom. The first-order valence-corrected chi connectivity index (χ1v) is 11.3. The van der Waals surface area contributed by atoms with Crippen molar-refractivity contribution in [2.75, 3.05) is 52.1 Å². The first kappa shape index (κ1) is 20.5. The standard InChI is InChI=1S/C18H36N4O2S/c1-16-8-7-11-21(14-16)10-6-5-9-20-17(19-4)22-12-13-25(23,24)18(2,3)15-22/h16H,5-15H2,1-4H3,(H,19,20). The topological polar surface area (TPSA) is 65.0 Å². The summed E-state index contributed by atoms with van der Waals surface area (Å²) in [6.45, 7) is 11.5. The highest BCUT2D eigenvalue weighted by atomic mass is 32.2. The number of unbranched alkanes of at least 4 members (excludes halogenated alkanes) is 1. The molecule has 0 aromatic rings. The number of rotatable bonds is 5. The summed E-state index contributed by atoms with van der Waals surface area (Å²) in [4.78, 5) is 9.01. The minimum absolute atomic E-state index is 0.202. The molecule has 0 aromatic carbocycles. The lowest BCUT2D eigenvalue weighted by atomic mass is 10.0. The highest BCUT2D eigenvalue weighted by Gasteiger charge is 2.40. The molecule has 146 valence electrons. The molecule has 0 aliphatic carbocycles. The second-order valence-corrected chi connectivity index (χ2v) is 11.0. The van der Waals surface area contributed by atoms with Gasteiger partial charge in [-0.05, 0) is 58.5 Å². The summed E-state index contributed by atoms with van der Waals surface area (Å²) in [6.07, 6.45) is 5.01. The quantitative estimate of drug-likeness (QED) is 0.451. The van der Waals surface area contributed by atoms with Gasteiger partial charge in [-0.1, -0.05) is 6.92 Å². The van der Waals surface area contributed by atoms with E-state index in [1.54, 1.807) is 20.9 Å². The molecule has 0 aromatic heterocycles. The molecule has 25 heavy (non-hydrogen) atoms. The van der Waals surface area contributed by atoms with Crippen LogP contribution in [0.5, 0.6) is 0 Å². The van der Waals surface area contributed by atoms with E-state index in [-0.39, 0.29) is 5.75 Å². The molecule has 1 N–H and O–H groups in total. The van der Waals surface area contributed by atoms with E-state index in [0.29, 0.717) is 13.1 Å². The van der Waals surface area contributed by atoms with Crippen LogP contribution in [0.3, 0.4) is 0 Å². The summed E-state index contributed by atoms with van der Waals surface area (Å²) in [7, 11) is -1.24. The SMILES string of the molecule is CN=C(NCCCCN1CCCC(C)C1)N1CCS(=O)(=O)C(C)(C)C1. The van der Waals surface area contributed by atoms with Crippen LogP contribution in [0.2, 0.25) is 0 Å². The monoisotopic (exact) mass is 372 g/mol. The lowest BCUT2D eigenvalue weighted by Gasteiger charge is -2.39. The Kier molecular flexibility index (Phi) is 7.14. The molecule has 0 bridgehead atoms. The molecule has 6 nitrogen and oxygen atoms in total. The Hall–Kier alpha value is -0.820. The molecule has 0 radical (unpaired) electrons. The Morgan fingerprint density at radius 3 is 2.68 bits per heavy atom. The first-order chi connectivity index (χ1) is 11.7. The van der Waals surface area contributed by atoms with E-state index in [9.17, 15) is 8.42 Å². The fourth-order valence-electron chi connectivity index (χ4n) is 3.81. The van der Waals surface area contributed by atoms with Crippen molar-refractivity contribution in [1.29, 1.82) is 0 Å². The second-order valence-electron chi connectivity index (χ2n) is 8.23. The maximum Gasteiger partial charge on any atom is 0.193 e. The molecule has 2 saturated heterocycles. The van der Waals surface area contributed by atoms with Gasteiger partial charge in [0.1, 0.15) is 0 Å². The third-order valence-electron chi connectivity index (χ3n) is 5.48. The third kappa shape index (κ3) is 5.58. The molecule has 2 aliphatic heterocycles. The van der Waals surface area contributed by atoms with Gasteiger partial charge in [0.25, 0.3) is 0 Å². The van der Waals surface area contributed by atoms with Crippen molar-refractivity contribution in [2.45, 2.75) is 51.2 Å². The van der Waals surface area contributed by atoms with E-state index in [1.165, 1.54) is 38.9 Å². The Balaban J connectivity index is 1.70. The summed E-state index contributed by atoms with van der Waals surface area (Å²) in [5.74, 6) is 1.87. The zero-order valence-corrected chi connectivity index (χ0v) is 17.2. The maximum absolute atomic E-state index is 12.1. The molecular weight excluding hydrogens is 336 g/mol. The molecule has 1 atom stereocenters. The predicted octanol–water partition coefficient (Wildman–Crippen LogP) is 1.58. The van der Waals surface area contributed by atoms with Gasteiger partial charge in [-0.15, -0.1) is 0 Å². The van der Waals surface area contributed by atoms with Crippen LogP contribution >= 0.6 is 0 Å². The lowest BCUT2D eigenvalue weighted by molar-refractivity contribution is 0.181. The normalized spacial score (nSPS) is 27.3. The number of hydrogen-bond donors (Lipinski definition) is 1. The van der Waals surface area contributed by atoms with Crippen molar-refractivity contribution in [3.63, 3.8) is 0 Å². The zero-order valence-electron chi connectivity index (χ0n) is 16.4. The van der Waals surface area contributed by atoms with Crippen molar-refractivity contribution in [3.8, 4) is 0 Å². The molecule has 2 fully saturated rings. The maximum atomic E-state index is 12.1. The van der Waals surface area contributed by atoms with Gasteiger partial charge in [-0.25, -0.2) is 8.42 Å². The van der Waals surface area contributed by atoms with Gasteiger partial charge in [-0.2, -0.15) is 0 Å². The minimum Gasteiger partial charge on any atom is -0.356 e. The number of nitrogens with zero attached hydrogens (tertiary/aromatic N) is 3. The van der Waals surface area contributed by atoms with Gasteiger partial charge < -0.3 is 15.1 Å². The van der Waals surface area contributed by atoms with Crippen molar-refractivity contribution < 1.29 is 8.42 Å². The van der Waals surface area contributed by atoms with Crippen LogP contribution in [-0.2, 0) is 9.84 Å². The number of hydrogen-bond acceptors (Lipinski definition) is 4. The highest BCUT2D eigenvalue weighted by Crippen LogP contribution is 2.23. The number of nitrogens with one attached hydrogen (secondary N) is 1. The van der Waals surface area contributed by atoms with Crippen LogP contribution < -0.4 is 5.32 Å². The zero-order chi connectivity index (χ0) is 18.5. The van der Waals surface area contributed by atoms with Crippen LogP contribution in [0.25, 0.3) is 0 Å². The average molecular weight is 373 g/mol. The minimum atomic E-state index is -3.01. The van der Waals surface area contributed by atoms with E-state index >= 15 is 0 Å². The van der Waals surface area contributed by atoms with E-state index in [2.05, 4.69) is 27.0 Å². The third-order valence-corrected chi connectivity index (χ3v) is 8.01. The van der Waals surface area contributed by atoms with E-state index in [1.807, 2.05) is 0 Å². The van der Waals surface area contributed by atoms with Crippen molar-refractivity contribution >= 4 is 15.8 Å². The van der Waals surface area contributed by atoms with Gasteiger partial charge >= 0.3 is 0 Å². The summed E-state index contributed by atoms with van der Waals surface area (Å²) in [5.41, 5.74) is 0. The molecule has 2 aliphatic rings. The predicted molar refractivity (Wildman–Crippen MR) is 105 cm³/mol. The number of likely N-dealkylation sites (tertiary alicyclic amines) is 1. The van der Waals surface area contributed by atoms with Crippen LogP contribution in [0.15, 0.2) is 4.99 Å². The lowest BCUT2D eigenvalue weighted by Crippen LogP contribution is -2.57. The Morgan fingerprint density at radius 2 is 2.04 bits per heavy atom. The first-order valence-electron chi connectivity index (χ1n) is 9.65. The summed E-state index contributed by atoms with van der Waals surface area (Å²) in [6, 6.07) is 0. The smallest absolute Gasteiger partial charge is 0.193 e. The number of guanidine groups is 1. The number of aliphatic imine (C=N–C) groups is 1. The molecule has 2 heterocycles. The fourth-order valence-corrected chi connectivity index (χ4v) is 5.17. The highest BCUT2D eigenvalue weighted by molar-refractivity contribution is 7.92. The summed E-state index contributed by atoms with van der Waals surface area (Å²) in [5, 5.41) is 3.41. The van der Waals surface area contributed by atoms with Crippen LogP contribution in [0.4, 0.5) is 0 Å². The molecule has 1 unspecified atom stereocenters. The van der Waals surface area contributed by atoms with E-state index in [4.69, 9.17) is 0 Å². The average Bonchev–Trinajstić information content (AvgIpc) is 2.54. The van der Waals surface area contributed by atoms with E-state index in [0.717, 1.165) is 24.8 Å².